The second kappa shape index (κ2) is 6.50. The first-order valence-electron chi connectivity index (χ1n) is 8.15. The maximum atomic E-state index is 12.7. The largest absolute Gasteiger partial charge is 0.417 e. The average molecular weight is 352 g/mol. The summed E-state index contributed by atoms with van der Waals surface area (Å²) < 4.78 is 39.3. The summed E-state index contributed by atoms with van der Waals surface area (Å²) in [7, 11) is 0. The topological polar surface area (TPSA) is 51.0 Å². The molecule has 1 unspecified atom stereocenters. The van der Waals surface area contributed by atoms with Crippen LogP contribution in [0.2, 0.25) is 0 Å². The van der Waals surface area contributed by atoms with Gasteiger partial charge in [-0.2, -0.15) is 18.3 Å². The molecule has 0 aromatic carbocycles. The van der Waals surface area contributed by atoms with Gasteiger partial charge in [-0.1, -0.05) is 6.92 Å². The summed E-state index contributed by atoms with van der Waals surface area (Å²) in [5, 5.41) is 4.14. The van der Waals surface area contributed by atoms with Crippen molar-refractivity contribution in [3.8, 4) is 5.82 Å². The van der Waals surface area contributed by atoms with E-state index in [0.717, 1.165) is 25.1 Å². The summed E-state index contributed by atoms with van der Waals surface area (Å²) in [4.78, 5) is 18.3. The molecule has 0 N–H and O–H groups in total. The van der Waals surface area contributed by atoms with Crippen LogP contribution in [0.1, 0.15) is 41.4 Å². The summed E-state index contributed by atoms with van der Waals surface area (Å²) in [6.07, 6.45) is -0.130. The van der Waals surface area contributed by atoms with E-state index in [4.69, 9.17) is 0 Å². The van der Waals surface area contributed by atoms with Gasteiger partial charge in [-0.15, -0.1) is 0 Å². The first-order valence-corrected chi connectivity index (χ1v) is 8.15. The second-order valence-electron chi connectivity index (χ2n) is 6.46. The lowest BCUT2D eigenvalue weighted by atomic mass is 9.99. The molecule has 0 saturated carbocycles. The van der Waals surface area contributed by atoms with Gasteiger partial charge in [0.2, 0.25) is 0 Å². The number of halogens is 3. The Bertz CT molecular complexity index is 767. The standard InChI is InChI=1S/C17H19F3N4O/c1-11-4-3-7-23(10-11)16(25)14-9-22-24(12(14)2)15-6-5-13(8-21-15)17(18,19)20/h5-6,8-9,11H,3-4,7,10H2,1-2H3. The van der Waals surface area contributed by atoms with Crippen molar-refractivity contribution in [2.75, 3.05) is 13.1 Å². The molecule has 0 bridgehead atoms. The van der Waals surface area contributed by atoms with Gasteiger partial charge >= 0.3 is 6.18 Å². The number of rotatable bonds is 2. The zero-order valence-corrected chi connectivity index (χ0v) is 14.0. The van der Waals surface area contributed by atoms with E-state index in [1.807, 2.05) is 4.90 Å². The van der Waals surface area contributed by atoms with Crippen molar-refractivity contribution in [2.45, 2.75) is 32.9 Å². The van der Waals surface area contributed by atoms with Crippen LogP contribution in [0.25, 0.3) is 5.82 Å². The molecule has 25 heavy (non-hydrogen) atoms. The number of aromatic nitrogens is 3. The molecule has 1 fully saturated rings. The Hall–Kier alpha value is -2.38. The van der Waals surface area contributed by atoms with E-state index in [2.05, 4.69) is 17.0 Å². The van der Waals surface area contributed by atoms with Crippen molar-refractivity contribution in [3.05, 3.63) is 41.3 Å². The smallest absolute Gasteiger partial charge is 0.338 e. The van der Waals surface area contributed by atoms with Gasteiger partial charge in [0.1, 0.15) is 0 Å². The minimum Gasteiger partial charge on any atom is -0.338 e. The SMILES string of the molecule is Cc1c(C(=O)N2CCCC(C)C2)cnn1-c1ccc(C(F)(F)F)cn1. The number of nitrogens with zero attached hydrogens (tertiary/aromatic N) is 4. The molecule has 0 spiro atoms. The van der Waals surface area contributed by atoms with Crippen LogP contribution in [0.3, 0.4) is 0 Å². The summed E-state index contributed by atoms with van der Waals surface area (Å²) in [5.41, 5.74) is 0.200. The van der Waals surface area contributed by atoms with Crippen LogP contribution in [-0.4, -0.2) is 38.7 Å². The summed E-state index contributed by atoms with van der Waals surface area (Å²) in [6, 6.07) is 2.21. The Labute approximate surface area is 143 Å². The minimum absolute atomic E-state index is 0.0952. The highest BCUT2D eigenvalue weighted by Gasteiger charge is 2.31. The van der Waals surface area contributed by atoms with Crippen LogP contribution >= 0.6 is 0 Å². The molecule has 0 radical (unpaired) electrons. The third kappa shape index (κ3) is 3.52. The van der Waals surface area contributed by atoms with Crippen molar-refractivity contribution >= 4 is 5.91 Å². The number of piperidine rings is 1. The molecule has 1 saturated heterocycles. The molecule has 1 aliphatic heterocycles. The van der Waals surface area contributed by atoms with Gasteiger partial charge in [0.25, 0.3) is 5.91 Å². The molecule has 1 aliphatic rings. The van der Waals surface area contributed by atoms with Crippen LogP contribution in [0.4, 0.5) is 13.2 Å². The zero-order valence-electron chi connectivity index (χ0n) is 14.0. The predicted molar refractivity (Wildman–Crippen MR) is 85.4 cm³/mol. The third-order valence-corrected chi connectivity index (χ3v) is 4.48. The summed E-state index contributed by atoms with van der Waals surface area (Å²) in [5.74, 6) is 0.614. The molecule has 3 heterocycles. The lowest BCUT2D eigenvalue weighted by Crippen LogP contribution is -2.39. The van der Waals surface area contributed by atoms with Crippen LogP contribution in [-0.2, 0) is 6.18 Å². The Balaban J connectivity index is 1.84. The number of carbonyl (C=O) groups is 1. The highest BCUT2D eigenvalue weighted by atomic mass is 19.4. The highest BCUT2D eigenvalue weighted by Crippen LogP contribution is 2.29. The molecule has 1 atom stereocenters. The van der Waals surface area contributed by atoms with Crippen molar-refractivity contribution in [2.24, 2.45) is 5.92 Å². The van der Waals surface area contributed by atoms with Crippen LogP contribution in [0, 0.1) is 12.8 Å². The molecule has 8 heteroatoms. The van der Waals surface area contributed by atoms with Crippen molar-refractivity contribution in [3.63, 3.8) is 0 Å². The number of hydrogen-bond acceptors (Lipinski definition) is 3. The fourth-order valence-electron chi connectivity index (χ4n) is 3.07. The second-order valence-corrected chi connectivity index (χ2v) is 6.46. The molecular formula is C17H19F3N4O. The lowest BCUT2D eigenvalue weighted by Gasteiger charge is -2.30. The number of carbonyl (C=O) groups excluding carboxylic acids is 1. The highest BCUT2D eigenvalue weighted by molar-refractivity contribution is 5.95. The van der Waals surface area contributed by atoms with Crippen molar-refractivity contribution in [1.82, 2.24) is 19.7 Å². The number of pyridine rings is 1. The first-order chi connectivity index (χ1) is 11.8. The minimum atomic E-state index is -4.43. The number of hydrogen-bond donors (Lipinski definition) is 0. The van der Waals surface area contributed by atoms with E-state index in [-0.39, 0.29) is 11.7 Å². The molecular weight excluding hydrogens is 333 g/mol. The third-order valence-electron chi connectivity index (χ3n) is 4.48. The quantitative estimate of drug-likeness (QED) is 0.832. The first kappa shape index (κ1) is 17.4. The molecule has 5 nitrogen and oxygen atoms in total. The number of alkyl halides is 3. The Kier molecular flexibility index (Phi) is 4.53. The summed E-state index contributed by atoms with van der Waals surface area (Å²) >= 11 is 0. The van der Waals surface area contributed by atoms with Crippen molar-refractivity contribution < 1.29 is 18.0 Å². The Morgan fingerprint density at radius 1 is 1.28 bits per heavy atom. The van der Waals surface area contributed by atoms with Gasteiger partial charge < -0.3 is 4.90 Å². The maximum absolute atomic E-state index is 12.7. The fourth-order valence-corrected chi connectivity index (χ4v) is 3.07. The normalized spacial score (nSPS) is 18.4. The van der Waals surface area contributed by atoms with Crippen LogP contribution < -0.4 is 0 Å². The van der Waals surface area contributed by atoms with Gasteiger partial charge in [-0.25, -0.2) is 9.67 Å². The lowest BCUT2D eigenvalue weighted by molar-refractivity contribution is -0.137. The number of likely N-dealkylation sites (tertiary alicyclic amines) is 1. The molecule has 2 aromatic rings. The van der Waals surface area contributed by atoms with Gasteiger partial charge in [0, 0.05) is 19.3 Å². The van der Waals surface area contributed by atoms with E-state index < -0.39 is 11.7 Å². The van der Waals surface area contributed by atoms with E-state index in [1.54, 1.807) is 6.92 Å². The molecule has 2 aromatic heterocycles. The maximum Gasteiger partial charge on any atom is 0.417 e. The van der Waals surface area contributed by atoms with Gasteiger partial charge in [-0.3, -0.25) is 4.79 Å². The Morgan fingerprint density at radius 3 is 2.64 bits per heavy atom. The zero-order chi connectivity index (χ0) is 18.2. The molecule has 134 valence electrons. The monoisotopic (exact) mass is 352 g/mol. The summed E-state index contributed by atoms with van der Waals surface area (Å²) in [6.45, 7) is 5.25. The fraction of sp³-hybridized carbons (Fsp3) is 0.471. The molecule has 1 amide bonds. The predicted octanol–water partition coefficient (Wildman–Crippen LogP) is 3.47. The van der Waals surface area contributed by atoms with Gasteiger partial charge in [0.15, 0.2) is 5.82 Å². The van der Waals surface area contributed by atoms with Crippen molar-refractivity contribution in [1.29, 1.82) is 0 Å². The van der Waals surface area contributed by atoms with Gasteiger partial charge in [0.05, 0.1) is 23.0 Å². The van der Waals surface area contributed by atoms with E-state index >= 15 is 0 Å². The van der Waals surface area contributed by atoms with Crippen LogP contribution in [0.15, 0.2) is 24.5 Å². The molecule has 3 rings (SSSR count). The van der Waals surface area contributed by atoms with Crippen LogP contribution in [0.5, 0.6) is 0 Å². The van der Waals surface area contributed by atoms with E-state index in [1.165, 1.54) is 16.9 Å². The van der Waals surface area contributed by atoms with E-state index in [9.17, 15) is 18.0 Å². The number of amides is 1. The van der Waals surface area contributed by atoms with Gasteiger partial charge in [-0.05, 0) is 37.8 Å². The average Bonchev–Trinajstić information content (AvgIpc) is 2.95. The van der Waals surface area contributed by atoms with E-state index in [0.29, 0.717) is 30.3 Å². The Morgan fingerprint density at radius 2 is 2.04 bits per heavy atom. The molecule has 0 aliphatic carbocycles.